The van der Waals surface area contributed by atoms with E-state index in [0.29, 0.717) is 30.3 Å². The third kappa shape index (κ3) is 5.98. The molecule has 1 fully saturated rings. The molecule has 5 nitrogen and oxygen atoms in total. The number of amides is 1. The summed E-state index contributed by atoms with van der Waals surface area (Å²) in [5, 5.41) is 3.21. The van der Waals surface area contributed by atoms with Gasteiger partial charge in [-0.2, -0.15) is 0 Å². The van der Waals surface area contributed by atoms with Crippen LogP contribution in [0.4, 0.5) is 0 Å². The molecule has 0 bridgehead atoms. The van der Waals surface area contributed by atoms with E-state index in [4.69, 9.17) is 9.47 Å². The fraction of sp³-hybridized carbons (Fsp3) is 0.478. The summed E-state index contributed by atoms with van der Waals surface area (Å²) in [5.41, 5.74) is 1.59. The third-order valence-electron chi connectivity index (χ3n) is 5.06. The Kier molecular flexibility index (Phi) is 7.71. The van der Waals surface area contributed by atoms with E-state index in [1.54, 1.807) is 24.5 Å². The maximum atomic E-state index is 12.7. The van der Waals surface area contributed by atoms with Gasteiger partial charge in [-0.25, -0.2) is 0 Å². The number of rotatable bonds is 7. The van der Waals surface area contributed by atoms with Crippen molar-refractivity contribution in [3.05, 3.63) is 53.9 Å². The second-order valence-electron chi connectivity index (χ2n) is 7.26. The van der Waals surface area contributed by atoms with Crippen LogP contribution in [0.25, 0.3) is 0 Å². The molecule has 1 heterocycles. The number of carbonyl (C=O) groups is 1. The van der Waals surface area contributed by atoms with Crippen molar-refractivity contribution in [1.82, 2.24) is 10.3 Å². The van der Waals surface area contributed by atoms with Gasteiger partial charge in [-0.1, -0.05) is 38.2 Å². The predicted octanol–water partition coefficient (Wildman–Crippen LogP) is 4.90. The van der Waals surface area contributed by atoms with E-state index in [9.17, 15) is 4.79 Å². The van der Waals surface area contributed by atoms with Gasteiger partial charge in [-0.05, 0) is 44.0 Å². The van der Waals surface area contributed by atoms with Crippen LogP contribution in [0.15, 0.2) is 42.7 Å². The first-order valence-electron chi connectivity index (χ1n) is 10.4. The van der Waals surface area contributed by atoms with Crippen LogP contribution in [-0.4, -0.2) is 23.5 Å². The average molecular weight is 383 g/mol. The van der Waals surface area contributed by atoms with Gasteiger partial charge in [0.1, 0.15) is 6.61 Å². The standard InChI is InChI=1S/C23H30N2O3/c1-2-27-22-15-19(23(26)25-20-10-6-4-3-5-7-11-20)12-13-21(22)28-17-18-9-8-14-24-16-18/h8-9,12-16,20H,2-7,10-11,17H2,1H3,(H,25,26). The number of benzene rings is 1. The molecule has 0 saturated heterocycles. The molecule has 0 aliphatic heterocycles. The van der Waals surface area contributed by atoms with Crippen LogP contribution in [0.1, 0.15) is 67.8 Å². The zero-order valence-electron chi connectivity index (χ0n) is 16.7. The van der Waals surface area contributed by atoms with E-state index in [2.05, 4.69) is 10.3 Å². The van der Waals surface area contributed by atoms with Crippen molar-refractivity contribution < 1.29 is 14.3 Å². The molecule has 150 valence electrons. The maximum Gasteiger partial charge on any atom is 0.251 e. The number of pyridine rings is 1. The number of hydrogen-bond acceptors (Lipinski definition) is 4. The molecule has 1 aliphatic carbocycles. The molecule has 1 amide bonds. The summed E-state index contributed by atoms with van der Waals surface area (Å²) in [6.07, 6.45) is 11.9. The monoisotopic (exact) mass is 382 g/mol. The van der Waals surface area contributed by atoms with Gasteiger partial charge in [0.2, 0.25) is 0 Å². The van der Waals surface area contributed by atoms with E-state index in [-0.39, 0.29) is 11.9 Å². The lowest BCUT2D eigenvalue weighted by Gasteiger charge is -2.21. The molecule has 2 aromatic rings. The molecule has 1 aromatic heterocycles. The number of nitrogens with one attached hydrogen (secondary N) is 1. The minimum Gasteiger partial charge on any atom is -0.490 e. The highest BCUT2D eigenvalue weighted by molar-refractivity contribution is 5.95. The zero-order valence-corrected chi connectivity index (χ0v) is 16.7. The fourth-order valence-corrected chi connectivity index (χ4v) is 3.55. The SMILES string of the molecule is CCOc1cc(C(=O)NC2CCCCCCC2)ccc1OCc1cccnc1. The topological polar surface area (TPSA) is 60.5 Å². The fourth-order valence-electron chi connectivity index (χ4n) is 3.55. The van der Waals surface area contributed by atoms with Gasteiger partial charge < -0.3 is 14.8 Å². The van der Waals surface area contributed by atoms with Gasteiger partial charge in [0.25, 0.3) is 5.91 Å². The van der Waals surface area contributed by atoms with Gasteiger partial charge in [-0.3, -0.25) is 9.78 Å². The lowest BCUT2D eigenvalue weighted by Crippen LogP contribution is -2.35. The van der Waals surface area contributed by atoms with Crippen molar-refractivity contribution in [3.63, 3.8) is 0 Å². The maximum absolute atomic E-state index is 12.7. The van der Waals surface area contributed by atoms with Gasteiger partial charge in [0, 0.05) is 29.6 Å². The Balaban J connectivity index is 1.65. The molecule has 0 spiro atoms. The lowest BCUT2D eigenvalue weighted by atomic mass is 9.96. The molecule has 0 unspecified atom stereocenters. The predicted molar refractivity (Wildman–Crippen MR) is 110 cm³/mol. The van der Waals surface area contributed by atoms with Crippen LogP contribution in [0.3, 0.4) is 0 Å². The number of aromatic nitrogens is 1. The largest absolute Gasteiger partial charge is 0.490 e. The van der Waals surface area contributed by atoms with Crippen molar-refractivity contribution in [1.29, 1.82) is 0 Å². The first kappa shape index (κ1) is 20.2. The van der Waals surface area contributed by atoms with Gasteiger partial charge in [0.05, 0.1) is 6.61 Å². The van der Waals surface area contributed by atoms with Crippen molar-refractivity contribution in [2.75, 3.05) is 6.61 Å². The Hall–Kier alpha value is -2.56. The first-order chi connectivity index (χ1) is 13.8. The quantitative estimate of drug-likeness (QED) is 0.740. The Morgan fingerprint density at radius 2 is 1.86 bits per heavy atom. The van der Waals surface area contributed by atoms with Gasteiger partial charge >= 0.3 is 0 Å². The average Bonchev–Trinajstić information content (AvgIpc) is 2.70. The van der Waals surface area contributed by atoms with Crippen LogP contribution >= 0.6 is 0 Å². The van der Waals surface area contributed by atoms with Gasteiger partial charge in [-0.15, -0.1) is 0 Å². The Labute approximate surface area is 167 Å². The molecule has 1 saturated carbocycles. The Morgan fingerprint density at radius 3 is 2.57 bits per heavy atom. The lowest BCUT2D eigenvalue weighted by molar-refractivity contribution is 0.0930. The number of hydrogen-bond donors (Lipinski definition) is 1. The van der Waals surface area contributed by atoms with Crippen LogP contribution in [0.2, 0.25) is 0 Å². The first-order valence-corrected chi connectivity index (χ1v) is 10.4. The highest BCUT2D eigenvalue weighted by Gasteiger charge is 2.17. The summed E-state index contributed by atoms with van der Waals surface area (Å²) >= 11 is 0. The van der Waals surface area contributed by atoms with Crippen LogP contribution in [-0.2, 0) is 6.61 Å². The number of carbonyl (C=O) groups excluding carboxylic acids is 1. The molecule has 1 N–H and O–H groups in total. The highest BCUT2D eigenvalue weighted by Crippen LogP contribution is 2.29. The van der Waals surface area contributed by atoms with E-state index in [0.717, 1.165) is 18.4 Å². The summed E-state index contributed by atoms with van der Waals surface area (Å²) in [6, 6.07) is 9.51. The normalized spacial score (nSPS) is 15.3. The highest BCUT2D eigenvalue weighted by atomic mass is 16.5. The van der Waals surface area contributed by atoms with Crippen LogP contribution in [0.5, 0.6) is 11.5 Å². The van der Waals surface area contributed by atoms with Crippen LogP contribution < -0.4 is 14.8 Å². The number of ether oxygens (including phenoxy) is 2. The van der Waals surface area contributed by atoms with E-state index < -0.39 is 0 Å². The molecular weight excluding hydrogens is 352 g/mol. The third-order valence-corrected chi connectivity index (χ3v) is 5.06. The zero-order chi connectivity index (χ0) is 19.6. The molecular formula is C23H30N2O3. The molecule has 5 heteroatoms. The van der Waals surface area contributed by atoms with Crippen molar-refractivity contribution >= 4 is 5.91 Å². The van der Waals surface area contributed by atoms with Crippen molar-refractivity contribution in [3.8, 4) is 11.5 Å². The van der Waals surface area contributed by atoms with E-state index in [1.807, 2.05) is 25.1 Å². The summed E-state index contributed by atoms with van der Waals surface area (Å²) in [7, 11) is 0. The van der Waals surface area contributed by atoms with E-state index >= 15 is 0 Å². The molecule has 0 radical (unpaired) electrons. The van der Waals surface area contributed by atoms with Crippen molar-refractivity contribution in [2.45, 2.75) is 64.5 Å². The van der Waals surface area contributed by atoms with Crippen LogP contribution in [0, 0.1) is 0 Å². The smallest absolute Gasteiger partial charge is 0.251 e. The Bertz CT molecular complexity index is 741. The summed E-state index contributed by atoms with van der Waals surface area (Å²) in [6.45, 7) is 2.84. The molecule has 3 rings (SSSR count). The molecule has 1 aromatic carbocycles. The van der Waals surface area contributed by atoms with Gasteiger partial charge in [0.15, 0.2) is 11.5 Å². The number of nitrogens with zero attached hydrogens (tertiary/aromatic N) is 1. The Morgan fingerprint density at radius 1 is 1.07 bits per heavy atom. The summed E-state index contributed by atoms with van der Waals surface area (Å²) in [4.78, 5) is 16.8. The molecule has 0 atom stereocenters. The second-order valence-corrected chi connectivity index (χ2v) is 7.26. The summed E-state index contributed by atoms with van der Waals surface area (Å²) < 4.78 is 11.6. The second kappa shape index (κ2) is 10.7. The van der Waals surface area contributed by atoms with E-state index in [1.165, 1.54) is 32.1 Å². The summed E-state index contributed by atoms with van der Waals surface area (Å²) in [5.74, 6) is 1.19. The van der Waals surface area contributed by atoms with Crippen molar-refractivity contribution in [2.24, 2.45) is 0 Å². The molecule has 28 heavy (non-hydrogen) atoms. The molecule has 1 aliphatic rings. The minimum absolute atomic E-state index is 0.0367. The minimum atomic E-state index is -0.0367.